The second kappa shape index (κ2) is 6.26. The van der Waals surface area contributed by atoms with Gasteiger partial charge in [-0.2, -0.15) is 0 Å². The molecule has 0 radical (unpaired) electrons. The van der Waals surface area contributed by atoms with E-state index in [0.717, 1.165) is 25.2 Å². The maximum Gasteiger partial charge on any atom is 0.225 e. The van der Waals surface area contributed by atoms with Crippen molar-refractivity contribution >= 4 is 11.8 Å². The number of nitrogens with one attached hydrogen (secondary N) is 2. The molecule has 2 N–H and O–H groups in total. The zero-order chi connectivity index (χ0) is 14.7. The highest BCUT2D eigenvalue weighted by atomic mass is 16.2. The van der Waals surface area contributed by atoms with Crippen molar-refractivity contribution in [2.75, 3.05) is 26.2 Å². The summed E-state index contributed by atoms with van der Waals surface area (Å²) in [6.07, 6.45) is 0.335. The van der Waals surface area contributed by atoms with Gasteiger partial charge < -0.3 is 15.5 Å². The fourth-order valence-corrected chi connectivity index (χ4v) is 2.79. The van der Waals surface area contributed by atoms with Crippen LogP contribution in [0.1, 0.15) is 12.0 Å². The molecule has 2 amide bonds. The summed E-state index contributed by atoms with van der Waals surface area (Å²) in [5.41, 5.74) is 1.10. The van der Waals surface area contributed by atoms with Crippen molar-refractivity contribution in [3.63, 3.8) is 0 Å². The van der Waals surface area contributed by atoms with E-state index in [4.69, 9.17) is 0 Å². The molecule has 1 aromatic carbocycles. The van der Waals surface area contributed by atoms with Crippen LogP contribution < -0.4 is 10.6 Å². The van der Waals surface area contributed by atoms with Crippen LogP contribution in [0.4, 0.5) is 0 Å². The van der Waals surface area contributed by atoms with Gasteiger partial charge in [0.25, 0.3) is 0 Å². The molecule has 0 saturated carbocycles. The molecule has 21 heavy (non-hydrogen) atoms. The number of likely N-dealkylation sites (tertiary alicyclic amines) is 1. The molecule has 2 fully saturated rings. The van der Waals surface area contributed by atoms with Gasteiger partial charge in [-0.15, -0.1) is 0 Å². The van der Waals surface area contributed by atoms with Crippen LogP contribution in [0.25, 0.3) is 0 Å². The van der Waals surface area contributed by atoms with Crippen molar-refractivity contribution in [1.29, 1.82) is 0 Å². The largest absolute Gasteiger partial charge is 0.355 e. The van der Waals surface area contributed by atoms with Gasteiger partial charge in [-0.25, -0.2) is 0 Å². The van der Waals surface area contributed by atoms with E-state index < -0.39 is 0 Å². The lowest BCUT2D eigenvalue weighted by atomic mass is 10.0. The second-order valence-corrected chi connectivity index (χ2v) is 5.93. The molecule has 2 heterocycles. The van der Waals surface area contributed by atoms with Crippen molar-refractivity contribution in [1.82, 2.24) is 15.5 Å². The number of rotatable bonds is 5. The van der Waals surface area contributed by atoms with Crippen LogP contribution in [0.2, 0.25) is 0 Å². The van der Waals surface area contributed by atoms with Crippen LogP contribution in [0, 0.1) is 11.8 Å². The summed E-state index contributed by atoms with van der Waals surface area (Å²) < 4.78 is 0. The number of carbonyl (C=O) groups excluding carboxylic acids is 2. The number of nitrogens with zero attached hydrogens (tertiary/aromatic N) is 1. The molecular weight excluding hydrogens is 266 g/mol. The maximum absolute atomic E-state index is 12.1. The second-order valence-electron chi connectivity index (χ2n) is 5.93. The average molecular weight is 287 g/mol. The van der Waals surface area contributed by atoms with Crippen LogP contribution in [-0.2, 0) is 16.1 Å². The van der Waals surface area contributed by atoms with E-state index in [0.29, 0.717) is 25.4 Å². The number of carbonyl (C=O) groups is 2. The summed E-state index contributed by atoms with van der Waals surface area (Å²) >= 11 is 0. The monoisotopic (exact) mass is 287 g/mol. The molecular formula is C16H21N3O2. The first-order valence-corrected chi connectivity index (χ1v) is 7.52. The molecule has 0 aliphatic carbocycles. The minimum Gasteiger partial charge on any atom is -0.355 e. The molecule has 2 aliphatic rings. The van der Waals surface area contributed by atoms with Gasteiger partial charge in [-0.3, -0.25) is 9.59 Å². The maximum atomic E-state index is 12.1. The SMILES string of the molecule is O=C(NCC1CNC1)C1CC(=O)N(Cc2ccccc2)C1. The molecule has 3 rings (SSSR count). The third-order valence-corrected chi connectivity index (χ3v) is 4.23. The van der Waals surface area contributed by atoms with Crippen LogP contribution in [0.15, 0.2) is 30.3 Å². The van der Waals surface area contributed by atoms with E-state index in [9.17, 15) is 9.59 Å². The Hall–Kier alpha value is -1.88. The lowest BCUT2D eigenvalue weighted by Gasteiger charge is -2.27. The van der Waals surface area contributed by atoms with Crippen LogP contribution in [0.3, 0.4) is 0 Å². The molecule has 1 atom stereocenters. The van der Waals surface area contributed by atoms with Gasteiger partial charge in [0.15, 0.2) is 0 Å². The standard InChI is InChI=1S/C16H21N3O2/c20-15-6-14(16(21)18-9-13-7-17-8-13)11-19(15)10-12-4-2-1-3-5-12/h1-5,13-14,17H,6-11H2,(H,18,21). The topological polar surface area (TPSA) is 61.4 Å². The Balaban J connectivity index is 1.50. The normalized spacial score (nSPS) is 22.2. The Morgan fingerprint density at radius 1 is 1.29 bits per heavy atom. The van der Waals surface area contributed by atoms with Crippen molar-refractivity contribution in [2.24, 2.45) is 11.8 Å². The summed E-state index contributed by atoms with van der Waals surface area (Å²) in [5, 5.41) is 6.16. The highest BCUT2D eigenvalue weighted by Gasteiger charge is 2.34. The lowest BCUT2D eigenvalue weighted by molar-refractivity contribution is -0.129. The lowest BCUT2D eigenvalue weighted by Crippen LogP contribution is -2.49. The predicted molar refractivity (Wildman–Crippen MR) is 79.3 cm³/mol. The minimum absolute atomic E-state index is 0.0193. The van der Waals surface area contributed by atoms with Gasteiger partial charge in [0.05, 0.1) is 5.92 Å². The van der Waals surface area contributed by atoms with Gasteiger partial charge in [-0.05, 0) is 5.56 Å². The number of hydrogen-bond donors (Lipinski definition) is 2. The molecule has 2 aliphatic heterocycles. The number of amides is 2. The Labute approximate surface area is 124 Å². The number of benzene rings is 1. The first-order chi connectivity index (χ1) is 10.2. The average Bonchev–Trinajstić information content (AvgIpc) is 2.79. The van der Waals surface area contributed by atoms with E-state index in [2.05, 4.69) is 10.6 Å². The van der Waals surface area contributed by atoms with Crippen LogP contribution >= 0.6 is 0 Å². The van der Waals surface area contributed by atoms with E-state index in [1.807, 2.05) is 30.3 Å². The quantitative estimate of drug-likeness (QED) is 0.822. The summed E-state index contributed by atoms with van der Waals surface area (Å²) in [6, 6.07) is 9.90. The zero-order valence-corrected chi connectivity index (χ0v) is 12.0. The predicted octanol–water partition coefficient (Wildman–Crippen LogP) is 0.371. The highest BCUT2D eigenvalue weighted by Crippen LogP contribution is 2.20. The van der Waals surface area contributed by atoms with Crippen molar-refractivity contribution in [3.8, 4) is 0 Å². The van der Waals surface area contributed by atoms with Gasteiger partial charge >= 0.3 is 0 Å². The molecule has 112 valence electrons. The smallest absolute Gasteiger partial charge is 0.225 e. The van der Waals surface area contributed by atoms with Crippen molar-refractivity contribution in [2.45, 2.75) is 13.0 Å². The Kier molecular flexibility index (Phi) is 4.20. The molecule has 2 saturated heterocycles. The summed E-state index contributed by atoms with van der Waals surface area (Å²) in [6.45, 7) is 3.79. The van der Waals surface area contributed by atoms with E-state index >= 15 is 0 Å². The highest BCUT2D eigenvalue weighted by molar-refractivity contribution is 5.89. The number of hydrogen-bond acceptors (Lipinski definition) is 3. The molecule has 0 spiro atoms. The van der Waals surface area contributed by atoms with Gasteiger partial charge in [0.2, 0.25) is 11.8 Å². The van der Waals surface area contributed by atoms with Gasteiger partial charge in [0, 0.05) is 45.1 Å². The fraction of sp³-hybridized carbons (Fsp3) is 0.500. The third kappa shape index (κ3) is 3.42. The van der Waals surface area contributed by atoms with Crippen LogP contribution in [0.5, 0.6) is 0 Å². The van der Waals surface area contributed by atoms with E-state index in [1.165, 1.54) is 0 Å². The van der Waals surface area contributed by atoms with Gasteiger partial charge in [-0.1, -0.05) is 30.3 Å². The molecule has 0 bridgehead atoms. The van der Waals surface area contributed by atoms with Crippen molar-refractivity contribution in [3.05, 3.63) is 35.9 Å². The van der Waals surface area contributed by atoms with E-state index in [-0.39, 0.29) is 17.7 Å². The molecule has 1 aromatic rings. The van der Waals surface area contributed by atoms with E-state index in [1.54, 1.807) is 4.90 Å². The molecule has 0 aromatic heterocycles. The fourth-order valence-electron chi connectivity index (χ4n) is 2.79. The first-order valence-electron chi connectivity index (χ1n) is 7.52. The molecule has 5 heteroatoms. The van der Waals surface area contributed by atoms with Gasteiger partial charge in [0.1, 0.15) is 0 Å². The summed E-state index contributed by atoms with van der Waals surface area (Å²) in [5.74, 6) is 0.441. The van der Waals surface area contributed by atoms with Crippen LogP contribution in [-0.4, -0.2) is 42.9 Å². The minimum atomic E-state index is -0.200. The molecule has 5 nitrogen and oxygen atoms in total. The summed E-state index contributed by atoms with van der Waals surface area (Å²) in [4.78, 5) is 25.9. The summed E-state index contributed by atoms with van der Waals surface area (Å²) in [7, 11) is 0. The Bertz CT molecular complexity index is 514. The zero-order valence-electron chi connectivity index (χ0n) is 12.0. The molecule has 1 unspecified atom stereocenters. The van der Waals surface area contributed by atoms with Crippen molar-refractivity contribution < 1.29 is 9.59 Å². The Morgan fingerprint density at radius 3 is 2.71 bits per heavy atom. The Morgan fingerprint density at radius 2 is 2.05 bits per heavy atom. The third-order valence-electron chi connectivity index (χ3n) is 4.23. The first kappa shape index (κ1) is 14.1.